The van der Waals surface area contributed by atoms with Crippen molar-refractivity contribution >= 4 is 23.1 Å². The lowest BCUT2D eigenvalue weighted by atomic mass is 10.1. The molecule has 4 heteroatoms. The fourth-order valence-corrected chi connectivity index (χ4v) is 1.52. The Balaban J connectivity index is 2.42. The monoisotopic (exact) mass is 184 g/mol. The maximum Gasteiger partial charge on any atom is 0.310 e. The van der Waals surface area contributed by atoms with Gasteiger partial charge in [-0.1, -0.05) is 0 Å². The highest BCUT2D eigenvalue weighted by Gasteiger charge is 2.08. The van der Waals surface area contributed by atoms with E-state index in [1.807, 2.05) is 16.8 Å². The van der Waals surface area contributed by atoms with Crippen LogP contribution in [0.25, 0.3) is 0 Å². The molecular formula is C8H8O3S. The van der Waals surface area contributed by atoms with E-state index in [2.05, 4.69) is 0 Å². The second kappa shape index (κ2) is 4.01. The van der Waals surface area contributed by atoms with Gasteiger partial charge in [0.05, 0.1) is 0 Å². The van der Waals surface area contributed by atoms with E-state index in [4.69, 9.17) is 5.11 Å². The maximum absolute atomic E-state index is 10.9. The Bertz CT molecular complexity index is 277. The van der Waals surface area contributed by atoms with Gasteiger partial charge in [-0.3, -0.25) is 9.59 Å². The first-order valence-electron chi connectivity index (χ1n) is 3.43. The van der Waals surface area contributed by atoms with Gasteiger partial charge < -0.3 is 5.11 Å². The van der Waals surface area contributed by atoms with Gasteiger partial charge in [-0.2, -0.15) is 11.3 Å². The largest absolute Gasteiger partial charge is 0.481 e. The molecule has 0 saturated heterocycles. The predicted molar refractivity (Wildman–Crippen MR) is 45.3 cm³/mol. The van der Waals surface area contributed by atoms with E-state index >= 15 is 0 Å². The number of thiophene rings is 1. The van der Waals surface area contributed by atoms with Gasteiger partial charge in [0.2, 0.25) is 0 Å². The summed E-state index contributed by atoms with van der Waals surface area (Å²) < 4.78 is 0. The van der Waals surface area contributed by atoms with E-state index in [0.29, 0.717) is 0 Å². The van der Waals surface area contributed by atoms with E-state index in [-0.39, 0.29) is 18.6 Å². The van der Waals surface area contributed by atoms with E-state index in [9.17, 15) is 9.59 Å². The molecular weight excluding hydrogens is 176 g/mol. The molecule has 1 aromatic heterocycles. The van der Waals surface area contributed by atoms with Crippen molar-refractivity contribution in [3.05, 3.63) is 22.4 Å². The van der Waals surface area contributed by atoms with E-state index in [1.165, 1.54) is 11.3 Å². The topological polar surface area (TPSA) is 54.4 Å². The summed E-state index contributed by atoms with van der Waals surface area (Å²) in [5.41, 5.74) is 0.895. The molecule has 0 spiro atoms. The van der Waals surface area contributed by atoms with E-state index < -0.39 is 5.97 Å². The molecule has 1 N–H and O–H groups in total. The molecule has 0 aromatic carbocycles. The Morgan fingerprint density at radius 3 is 2.75 bits per heavy atom. The Kier molecular flexibility index (Phi) is 2.99. The summed E-state index contributed by atoms with van der Waals surface area (Å²) in [4.78, 5) is 21.1. The van der Waals surface area contributed by atoms with Crippen LogP contribution in [0.15, 0.2) is 16.8 Å². The van der Waals surface area contributed by atoms with Gasteiger partial charge in [0.25, 0.3) is 0 Å². The van der Waals surface area contributed by atoms with Crippen LogP contribution in [-0.2, 0) is 16.0 Å². The van der Waals surface area contributed by atoms with Crippen LogP contribution in [0.5, 0.6) is 0 Å². The molecule has 0 saturated carbocycles. The van der Waals surface area contributed by atoms with Crippen LogP contribution in [-0.4, -0.2) is 16.9 Å². The van der Waals surface area contributed by atoms with Crippen molar-refractivity contribution in [1.29, 1.82) is 0 Å². The van der Waals surface area contributed by atoms with Gasteiger partial charge in [-0.05, 0) is 22.4 Å². The molecule has 0 aliphatic rings. The fraction of sp³-hybridized carbons (Fsp3) is 0.250. The fourth-order valence-electron chi connectivity index (χ4n) is 0.852. The Morgan fingerprint density at radius 2 is 2.25 bits per heavy atom. The number of rotatable bonds is 4. The molecule has 64 valence electrons. The number of hydrogen-bond donors (Lipinski definition) is 1. The van der Waals surface area contributed by atoms with E-state index in [1.54, 1.807) is 0 Å². The molecule has 0 aliphatic carbocycles. The number of carboxylic acids is 1. The van der Waals surface area contributed by atoms with Crippen molar-refractivity contribution < 1.29 is 14.7 Å². The lowest BCUT2D eigenvalue weighted by Gasteiger charge is -1.93. The molecule has 0 fully saturated rings. The summed E-state index contributed by atoms with van der Waals surface area (Å²) >= 11 is 1.50. The highest BCUT2D eigenvalue weighted by atomic mass is 32.1. The Hall–Kier alpha value is -1.16. The normalized spacial score (nSPS) is 9.67. The predicted octanol–water partition coefficient (Wildman–Crippen LogP) is 1.33. The lowest BCUT2D eigenvalue weighted by Crippen LogP contribution is -2.08. The van der Waals surface area contributed by atoms with Crippen molar-refractivity contribution in [3.8, 4) is 0 Å². The van der Waals surface area contributed by atoms with E-state index in [0.717, 1.165) is 5.56 Å². The van der Waals surface area contributed by atoms with Crippen LogP contribution in [0, 0.1) is 0 Å². The van der Waals surface area contributed by atoms with Gasteiger partial charge in [-0.15, -0.1) is 0 Å². The maximum atomic E-state index is 10.9. The second-order valence-electron chi connectivity index (χ2n) is 2.42. The van der Waals surface area contributed by atoms with Crippen molar-refractivity contribution in [2.45, 2.75) is 12.8 Å². The SMILES string of the molecule is O=C(O)CC(=O)Cc1ccsc1. The zero-order chi connectivity index (χ0) is 8.97. The van der Waals surface area contributed by atoms with Gasteiger partial charge in [0, 0.05) is 6.42 Å². The van der Waals surface area contributed by atoms with Crippen LogP contribution in [0.4, 0.5) is 0 Å². The molecule has 0 radical (unpaired) electrons. The first kappa shape index (κ1) is 8.93. The van der Waals surface area contributed by atoms with Crippen LogP contribution in [0.2, 0.25) is 0 Å². The standard InChI is InChI=1S/C8H8O3S/c9-7(4-8(10)11)3-6-1-2-12-5-6/h1-2,5H,3-4H2,(H,10,11). The highest BCUT2D eigenvalue weighted by Crippen LogP contribution is 2.07. The Morgan fingerprint density at radius 1 is 1.50 bits per heavy atom. The van der Waals surface area contributed by atoms with Crippen LogP contribution < -0.4 is 0 Å². The molecule has 0 unspecified atom stereocenters. The van der Waals surface area contributed by atoms with Crippen LogP contribution in [0.3, 0.4) is 0 Å². The second-order valence-corrected chi connectivity index (χ2v) is 3.20. The van der Waals surface area contributed by atoms with Crippen molar-refractivity contribution in [1.82, 2.24) is 0 Å². The average Bonchev–Trinajstić information content (AvgIpc) is 2.37. The van der Waals surface area contributed by atoms with Crippen LogP contribution in [0.1, 0.15) is 12.0 Å². The molecule has 0 atom stereocenters. The molecule has 1 heterocycles. The van der Waals surface area contributed by atoms with Gasteiger partial charge >= 0.3 is 5.97 Å². The molecule has 1 aromatic rings. The molecule has 1 rings (SSSR count). The first-order valence-corrected chi connectivity index (χ1v) is 4.37. The average molecular weight is 184 g/mol. The summed E-state index contributed by atoms with van der Waals surface area (Å²) in [7, 11) is 0. The minimum atomic E-state index is -1.06. The third kappa shape index (κ3) is 2.84. The van der Waals surface area contributed by atoms with Gasteiger partial charge in [0.1, 0.15) is 12.2 Å². The third-order valence-electron chi connectivity index (χ3n) is 1.33. The molecule has 12 heavy (non-hydrogen) atoms. The van der Waals surface area contributed by atoms with Crippen molar-refractivity contribution in [2.24, 2.45) is 0 Å². The lowest BCUT2D eigenvalue weighted by molar-refractivity contribution is -0.140. The summed E-state index contributed by atoms with van der Waals surface area (Å²) in [6.45, 7) is 0. The van der Waals surface area contributed by atoms with Gasteiger partial charge in [-0.25, -0.2) is 0 Å². The number of Topliss-reactive ketones (excluding diaryl/α,β-unsaturated/α-hetero) is 1. The summed E-state index contributed by atoms with van der Waals surface area (Å²) in [6.07, 6.45) is -0.147. The summed E-state index contributed by atoms with van der Waals surface area (Å²) in [5, 5.41) is 12.0. The quantitative estimate of drug-likeness (QED) is 0.718. The zero-order valence-electron chi connectivity index (χ0n) is 6.32. The first-order chi connectivity index (χ1) is 5.68. The highest BCUT2D eigenvalue weighted by molar-refractivity contribution is 7.07. The zero-order valence-corrected chi connectivity index (χ0v) is 7.13. The number of carbonyl (C=O) groups excluding carboxylic acids is 1. The smallest absolute Gasteiger partial charge is 0.310 e. The summed E-state index contributed by atoms with van der Waals surface area (Å²) in [5.74, 6) is -1.31. The number of carbonyl (C=O) groups is 2. The van der Waals surface area contributed by atoms with Crippen molar-refractivity contribution in [3.63, 3.8) is 0 Å². The number of hydrogen-bond acceptors (Lipinski definition) is 3. The number of carboxylic acid groups (broad SMARTS) is 1. The molecule has 3 nitrogen and oxygen atoms in total. The minimum Gasteiger partial charge on any atom is -0.481 e. The minimum absolute atomic E-state index is 0.232. The number of aliphatic carboxylic acids is 1. The Labute approximate surface area is 73.6 Å². The van der Waals surface area contributed by atoms with Crippen molar-refractivity contribution in [2.75, 3.05) is 0 Å². The van der Waals surface area contributed by atoms with Gasteiger partial charge in [0.15, 0.2) is 0 Å². The van der Waals surface area contributed by atoms with Crippen LogP contribution >= 0.6 is 11.3 Å². The number of ketones is 1. The molecule has 0 bridgehead atoms. The summed E-state index contributed by atoms with van der Waals surface area (Å²) in [6, 6.07) is 1.82. The molecule has 0 amide bonds. The molecule has 0 aliphatic heterocycles. The third-order valence-corrected chi connectivity index (χ3v) is 2.06.